The average Bonchev–Trinajstić information content (AvgIpc) is 3.02. The van der Waals surface area contributed by atoms with Gasteiger partial charge in [-0.3, -0.25) is 14.7 Å². The molecule has 0 aliphatic rings. The van der Waals surface area contributed by atoms with Crippen LogP contribution in [-0.2, 0) is 26.6 Å². The Kier molecular flexibility index (Phi) is 7.65. The average molecular weight is 421 g/mol. The van der Waals surface area contributed by atoms with E-state index in [1.54, 1.807) is 13.2 Å². The molecule has 7 heteroatoms. The van der Waals surface area contributed by atoms with Crippen LogP contribution in [0.3, 0.4) is 0 Å². The van der Waals surface area contributed by atoms with E-state index >= 15 is 0 Å². The number of nitrogens with zero attached hydrogens (tertiary/aromatic N) is 4. The quantitative estimate of drug-likeness (QED) is 0.432. The summed E-state index contributed by atoms with van der Waals surface area (Å²) in [5.41, 5.74) is 5.65. The Morgan fingerprint density at radius 1 is 1.16 bits per heavy atom. The lowest BCUT2D eigenvalue weighted by atomic mass is 10.1. The summed E-state index contributed by atoms with van der Waals surface area (Å²) in [7, 11) is 3.77. The second-order valence-corrected chi connectivity index (χ2v) is 7.70. The molecule has 1 atom stereocenters. The predicted octanol–water partition coefficient (Wildman–Crippen LogP) is 3.31. The summed E-state index contributed by atoms with van der Waals surface area (Å²) >= 11 is 0. The summed E-state index contributed by atoms with van der Waals surface area (Å²) in [6.07, 6.45) is 2.67. The second kappa shape index (κ2) is 10.6. The summed E-state index contributed by atoms with van der Waals surface area (Å²) in [6.45, 7) is 7.47. The van der Waals surface area contributed by atoms with Gasteiger partial charge in [0.1, 0.15) is 12.4 Å². The fourth-order valence-electron chi connectivity index (χ4n) is 3.43. The van der Waals surface area contributed by atoms with Crippen LogP contribution in [0.25, 0.3) is 0 Å². The van der Waals surface area contributed by atoms with Crippen molar-refractivity contribution < 1.29 is 4.74 Å². The lowest BCUT2D eigenvalue weighted by Gasteiger charge is -2.18. The van der Waals surface area contributed by atoms with Crippen LogP contribution in [0.2, 0.25) is 0 Å². The van der Waals surface area contributed by atoms with Gasteiger partial charge in [0, 0.05) is 38.6 Å². The van der Waals surface area contributed by atoms with Gasteiger partial charge in [-0.1, -0.05) is 18.2 Å². The summed E-state index contributed by atoms with van der Waals surface area (Å²) in [4.78, 5) is 8.63. The van der Waals surface area contributed by atoms with Crippen LogP contribution in [0.5, 0.6) is 5.75 Å². The predicted molar refractivity (Wildman–Crippen MR) is 124 cm³/mol. The van der Waals surface area contributed by atoms with Crippen LogP contribution in [-0.4, -0.2) is 33.8 Å². The minimum Gasteiger partial charge on any atom is -0.487 e. The first-order valence-electron chi connectivity index (χ1n) is 10.5. The van der Waals surface area contributed by atoms with Gasteiger partial charge in [-0.15, -0.1) is 0 Å². The van der Waals surface area contributed by atoms with E-state index < -0.39 is 0 Å². The van der Waals surface area contributed by atoms with E-state index in [4.69, 9.17) is 4.74 Å². The Morgan fingerprint density at radius 2 is 1.94 bits per heavy atom. The van der Waals surface area contributed by atoms with E-state index in [-0.39, 0.29) is 6.04 Å². The topological polar surface area (TPSA) is 76.4 Å². The highest BCUT2D eigenvalue weighted by atomic mass is 16.5. The zero-order valence-electron chi connectivity index (χ0n) is 19.0. The van der Waals surface area contributed by atoms with Crippen molar-refractivity contribution in [3.8, 4) is 5.75 Å². The van der Waals surface area contributed by atoms with E-state index in [0.717, 1.165) is 35.1 Å². The van der Waals surface area contributed by atoms with Crippen LogP contribution < -0.4 is 15.4 Å². The SMILES string of the molecule is CN=C(NCc1ccc(OCc2ccccn2)cc1)NC(C)Cc1c(C)nn(C)c1C. The first-order valence-corrected chi connectivity index (χ1v) is 10.5. The lowest BCUT2D eigenvalue weighted by molar-refractivity contribution is 0.301. The zero-order valence-corrected chi connectivity index (χ0v) is 19.0. The van der Waals surface area contributed by atoms with E-state index in [1.165, 1.54) is 11.3 Å². The summed E-state index contributed by atoms with van der Waals surface area (Å²) in [5, 5.41) is 11.4. The van der Waals surface area contributed by atoms with Crippen molar-refractivity contribution in [2.24, 2.45) is 12.0 Å². The Labute approximate surface area is 184 Å². The van der Waals surface area contributed by atoms with Gasteiger partial charge < -0.3 is 15.4 Å². The Hall–Kier alpha value is -3.35. The van der Waals surface area contributed by atoms with Gasteiger partial charge in [0.2, 0.25) is 0 Å². The van der Waals surface area contributed by atoms with Crippen LogP contribution >= 0.6 is 0 Å². The molecule has 31 heavy (non-hydrogen) atoms. The molecule has 0 spiro atoms. The third-order valence-electron chi connectivity index (χ3n) is 5.27. The number of nitrogens with one attached hydrogen (secondary N) is 2. The minimum atomic E-state index is 0.232. The number of aryl methyl sites for hydroxylation is 2. The van der Waals surface area contributed by atoms with Crippen molar-refractivity contribution in [2.75, 3.05) is 7.05 Å². The highest BCUT2D eigenvalue weighted by Gasteiger charge is 2.14. The van der Waals surface area contributed by atoms with Gasteiger partial charge in [-0.2, -0.15) is 5.10 Å². The molecule has 2 aromatic heterocycles. The number of ether oxygens (including phenoxy) is 1. The normalized spacial score (nSPS) is 12.5. The molecule has 0 fully saturated rings. The van der Waals surface area contributed by atoms with Crippen molar-refractivity contribution in [2.45, 2.75) is 46.4 Å². The number of aromatic nitrogens is 3. The van der Waals surface area contributed by atoms with Gasteiger partial charge in [-0.25, -0.2) is 0 Å². The number of hydrogen-bond donors (Lipinski definition) is 2. The van der Waals surface area contributed by atoms with Crippen LogP contribution in [0.15, 0.2) is 53.7 Å². The van der Waals surface area contributed by atoms with Crippen molar-refractivity contribution in [1.29, 1.82) is 0 Å². The van der Waals surface area contributed by atoms with E-state index in [9.17, 15) is 0 Å². The molecule has 0 bridgehead atoms. The van der Waals surface area contributed by atoms with E-state index in [1.807, 2.05) is 42.1 Å². The molecule has 0 amide bonds. The molecule has 2 N–H and O–H groups in total. The third kappa shape index (κ3) is 6.31. The Morgan fingerprint density at radius 3 is 2.55 bits per heavy atom. The molecule has 1 aromatic carbocycles. The maximum Gasteiger partial charge on any atom is 0.191 e. The number of hydrogen-bond acceptors (Lipinski definition) is 4. The second-order valence-electron chi connectivity index (χ2n) is 7.70. The van der Waals surface area contributed by atoms with Crippen LogP contribution in [0.1, 0.15) is 35.1 Å². The molecule has 3 aromatic rings. The molecule has 164 valence electrons. The summed E-state index contributed by atoms with van der Waals surface area (Å²) in [5.74, 6) is 1.61. The first kappa shape index (κ1) is 22.3. The van der Waals surface area contributed by atoms with Gasteiger partial charge >= 0.3 is 0 Å². The number of benzene rings is 1. The molecule has 3 rings (SSSR count). The minimum absolute atomic E-state index is 0.232. The highest BCUT2D eigenvalue weighted by Crippen LogP contribution is 2.15. The molecule has 0 saturated carbocycles. The van der Waals surface area contributed by atoms with Crippen LogP contribution in [0, 0.1) is 13.8 Å². The van der Waals surface area contributed by atoms with Crippen molar-refractivity contribution in [1.82, 2.24) is 25.4 Å². The number of rotatable bonds is 8. The van der Waals surface area contributed by atoms with Crippen molar-refractivity contribution >= 4 is 5.96 Å². The summed E-state index contributed by atoms with van der Waals surface area (Å²) in [6, 6.07) is 14.1. The summed E-state index contributed by atoms with van der Waals surface area (Å²) < 4.78 is 7.74. The van der Waals surface area contributed by atoms with Gasteiger partial charge in [0.15, 0.2) is 5.96 Å². The molecule has 0 saturated heterocycles. The maximum atomic E-state index is 5.80. The molecule has 7 nitrogen and oxygen atoms in total. The number of aliphatic imine (C=N–C) groups is 1. The van der Waals surface area contributed by atoms with Gasteiger partial charge in [0.05, 0.1) is 11.4 Å². The molecule has 1 unspecified atom stereocenters. The number of pyridine rings is 1. The Balaban J connectivity index is 1.47. The van der Waals surface area contributed by atoms with Crippen molar-refractivity contribution in [3.05, 3.63) is 76.9 Å². The van der Waals surface area contributed by atoms with Crippen LogP contribution in [0.4, 0.5) is 0 Å². The molecular formula is C24H32N6O. The molecule has 0 aliphatic carbocycles. The lowest BCUT2D eigenvalue weighted by Crippen LogP contribution is -2.42. The third-order valence-corrected chi connectivity index (χ3v) is 5.27. The van der Waals surface area contributed by atoms with Gasteiger partial charge in [0.25, 0.3) is 0 Å². The first-order chi connectivity index (χ1) is 15.0. The number of guanidine groups is 1. The standard InChI is InChI=1S/C24H32N6O/c1-17(14-23-18(2)29-30(5)19(23)3)28-24(25-4)27-15-20-9-11-22(12-10-20)31-16-21-8-6-7-13-26-21/h6-13,17H,14-16H2,1-5H3,(H2,25,27,28). The zero-order chi connectivity index (χ0) is 22.2. The molecular weight excluding hydrogens is 388 g/mol. The van der Waals surface area contributed by atoms with E-state index in [2.05, 4.69) is 58.6 Å². The fourth-order valence-corrected chi connectivity index (χ4v) is 3.43. The van der Waals surface area contributed by atoms with Gasteiger partial charge in [-0.05, 0) is 62.6 Å². The molecule has 0 radical (unpaired) electrons. The maximum absolute atomic E-state index is 5.80. The molecule has 2 heterocycles. The highest BCUT2D eigenvalue weighted by molar-refractivity contribution is 5.79. The fraction of sp³-hybridized carbons (Fsp3) is 0.375. The smallest absolute Gasteiger partial charge is 0.191 e. The largest absolute Gasteiger partial charge is 0.487 e. The molecule has 0 aliphatic heterocycles. The Bertz CT molecular complexity index is 995. The van der Waals surface area contributed by atoms with E-state index in [0.29, 0.717) is 13.2 Å². The monoisotopic (exact) mass is 420 g/mol. The van der Waals surface area contributed by atoms with Crippen molar-refractivity contribution in [3.63, 3.8) is 0 Å².